The normalized spacial score (nSPS) is 16.9. The fourth-order valence-corrected chi connectivity index (χ4v) is 3.50. The molecule has 3 rings (SSSR count). The molecule has 2 aromatic carbocycles. The van der Waals surface area contributed by atoms with Gasteiger partial charge in [-0.3, -0.25) is 9.69 Å². The number of rotatable bonds is 5. The van der Waals surface area contributed by atoms with Gasteiger partial charge in [-0.1, -0.05) is 38.1 Å². The van der Waals surface area contributed by atoms with E-state index in [4.69, 9.17) is 0 Å². The third-order valence-electron chi connectivity index (χ3n) is 5.34. The molecule has 1 fully saturated rings. The van der Waals surface area contributed by atoms with Gasteiger partial charge in [0.1, 0.15) is 6.29 Å². The van der Waals surface area contributed by atoms with Crippen LogP contribution in [0, 0.1) is 0 Å². The molecule has 1 aliphatic heterocycles. The summed E-state index contributed by atoms with van der Waals surface area (Å²) >= 11 is 0. The molecule has 0 aromatic heterocycles. The summed E-state index contributed by atoms with van der Waals surface area (Å²) in [6.45, 7) is 10.9. The molecule has 0 amide bonds. The predicted octanol–water partition coefficient (Wildman–Crippen LogP) is 4.51. The molecular weight excluding hydrogens is 308 g/mol. The molecule has 2 aromatic rings. The number of nitrogens with zero attached hydrogens (tertiary/aromatic N) is 2. The van der Waals surface area contributed by atoms with Crippen LogP contribution >= 0.6 is 0 Å². The second-order valence-electron chi connectivity index (χ2n) is 7.23. The van der Waals surface area contributed by atoms with Crippen LogP contribution in [-0.2, 0) is 0 Å². The van der Waals surface area contributed by atoms with E-state index in [1.165, 1.54) is 16.8 Å². The van der Waals surface area contributed by atoms with Gasteiger partial charge in [-0.05, 0) is 48.2 Å². The Labute approximate surface area is 151 Å². The van der Waals surface area contributed by atoms with Crippen LogP contribution in [0.3, 0.4) is 0 Å². The SMILES string of the molecule is CC(C)c1ccc([C@H](C)N2CCN(c3ccc(C=O)cc3)CC2)cc1. The largest absolute Gasteiger partial charge is 0.369 e. The molecule has 1 heterocycles. The minimum Gasteiger partial charge on any atom is -0.369 e. The molecule has 1 aliphatic rings. The lowest BCUT2D eigenvalue weighted by Gasteiger charge is -2.39. The molecule has 0 aliphatic carbocycles. The van der Waals surface area contributed by atoms with E-state index in [9.17, 15) is 4.79 Å². The van der Waals surface area contributed by atoms with Crippen LogP contribution in [0.2, 0.25) is 0 Å². The van der Waals surface area contributed by atoms with Crippen molar-refractivity contribution in [2.75, 3.05) is 31.1 Å². The number of hydrogen-bond acceptors (Lipinski definition) is 3. The number of carbonyl (C=O) groups is 1. The molecule has 0 saturated carbocycles. The first-order valence-electron chi connectivity index (χ1n) is 9.22. The van der Waals surface area contributed by atoms with Crippen LogP contribution in [0.5, 0.6) is 0 Å². The van der Waals surface area contributed by atoms with Crippen molar-refractivity contribution in [1.82, 2.24) is 4.90 Å². The number of hydrogen-bond donors (Lipinski definition) is 0. The van der Waals surface area contributed by atoms with Crippen molar-refractivity contribution >= 4 is 12.0 Å². The van der Waals surface area contributed by atoms with Crippen LogP contribution in [0.1, 0.15) is 54.2 Å². The lowest BCUT2D eigenvalue weighted by atomic mass is 9.99. The van der Waals surface area contributed by atoms with E-state index in [2.05, 4.69) is 54.8 Å². The van der Waals surface area contributed by atoms with E-state index in [1.54, 1.807) is 0 Å². The second kappa shape index (κ2) is 7.83. The van der Waals surface area contributed by atoms with Crippen LogP contribution in [0.4, 0.5) is 5.69 Å². The van der Waals surface area contributed by atoms with Gasteiger partial charge in [0.05, 0.1) is 0 Å². The molecule has 1 saturated heterocycles. The van der Waals surface area contributed by atoms with E-state index in [-0.39, 0.29) is 0 Å². The Morgan fingerprint density at radius 1 is 0.800 bits per heavy atom. The van der Waals surface area contributed by atoms with Gasteiger partial charge in [-0.15, -0.1) is 0 Å². The Kier molecular flexibility index (Phi) is 5.54. The molecule has 3 heteroatoms. The maximum absolute atomic E-state index is 10.8. The highest BCUT2D eigenvalue weighted by Crippen LogP contribution is 2.25. The fourth-order valence-electron chi connectivity index (χ4n) is 3.50. The Morgan fingerprint density at radius 3 is 1.88 bits per heavy atom. The van der Waals surface area contributed by atoms with Crippen LogP contribution in [0.25, 0.3) is 0 Å². The standard InChI is InChI=1S/C22H28N2O/c1-17(2)20-6-8-21(9-7-20)18(3)23-12-14-24(15-13-23)22-10-4-19(16-25)5-11-22/h4-11,16-18H,12-15H2,1-3H3/t18-/m0/s1. The minimum absolute atomic E-state index is 0.445. The van der Waals surface area contributed by atoms with Crippen molar-refractivity contribution in [3.63, 3.8) is 0 Å². The average molecular weight is 336 g/mol. The van der Waals surface area contributed by atoms with Gasteiger partial charge in [0.15, 0.2) is 0 Å². The van der Waals surface area contributed by atoms with Crippen LogP contribution in [-0.4, -0.2) is 37.4 Å². The van der Waals surface area contributed by atoms with Gasteiger partial charge in [-0.2, -0.15) is 0 Å². The number of anilines is 1. The third kappa shape index (κ3) is 4.10. The molecule has 0 unspecified atom stereocenters. The molecule has 132 valence electrons. The van der Waals surface area contributed by atoms with Gasteiger partial charge >= 0.3 is 0 Å². The summed E-state index contributed by atoms with van der Waals surface area (Å²) in [6.07, 6.45) is 0.897. The number of aldehydes is 1. The zero-order valence-electron chi connectivity index (χ0n) is 15.5. The predicted molar refractivity (Wildman–Crippen MR) is 105 cm³/mol. The molecular formula is C22H28N2O. The molecule has 1 atom stereocenters. The fraction of sp³-hybridized carbons (Fsp3) is 0.409. The molecule has 0 spiro atoms. The third-order valence-corrected chi connectivity index (χ3v) is 5.34. The number of piperazine rings is 1. The van der Waals surface area contributed by atoms with E-state index in [0.29, 0.717) is 12.0 Å². The zero-order valence-corrected chi connectivity index (χ0v) is 15.5. The van der Waals surface area contributed by atoms with Crippen molar-refractivity contribution < 1.29 is 4.79 Å². The summed E-state index contributed by atoms with van der Waals surface area (Å²) in [5, 5.41) is 0. The summed E-state index contributed by atoms with van der Waals surface area (Å²) in [4.78, 5) is 15.7. The van der Waals surface area contributed by atoms with Gasteiger partial charge in [0, 0.05) is 43.5 Å². The number of carbonyl (C=O) groups excluding carboxylic acids is 1. The van der Waals surface area contributed by atoms with E-state index in [1.807, 2.05) is 24.3 Å². The minimum atomic E-state index is 0.445. The zero-order chi connectivity index (χ0) is 17.8. The quantitative estimate of drug-likeness (QED) is 0.751. The Balaban J connectivity index is 1.60. The maximum Gasteiger partial charge on any atom is 0.150 e. The van der Waals surface area contributed by atoms with Crippen molar-refractivity contribution in [1.29, 1.82) is 0 Å². The molecule has 3 nitrogen and oxygen atoms in total. The monoisotopic (exact) mass is 336 g/mol. The van der Waals surface area contributed by atoms with Crippen molar-refractivity contribution in [3.05, 3.63) is 65.2 Å². The van der Waals surface area contributed by atoms with Crippen molar-refractivity contribution in [3.8, 4) is 0 Å². The van der Waals surface area contributed by atoms with Crippen molar-refractivity contribution in [2.45, 2.75) is 32.7 Å². The second-order valence-corrected chi connectivity index (χ2v) is 7.23. The van der Waals surface area contributed by atoms with Gasteiger partial charge in [0.2, 0.25) is 0 Å². The lowest BCUT2D eigenvalue weighted by molar-refractivity contribution is 0.112. The summed E-state index contributed by atoms with van der Waals surface area (Å²) in [6, 6.07) is 17.4. The van der Waals surface area contributed by atoms with E-state index < -0.39 is 0 Å². The van der Waals surface area contributed by atoms with Gasteiger partial charge in [-0.25, -0.2) is 0 Å². The molecule has 0 N–H and O–H groups in total. The summed E-state index contributed by atoms with van der Waals surface area (Å²) < 4.78 is 0. The van der Waals surface area contributed by atoms with E-state index in [0.717, 1.165) is 38.0 Å². The summed E-state index contributed by atoms with van der Waals surface area (Å²) in [5.74, 6) is 0.582. The topological polar surface area (TPSA) is 23.6 Å². The first-order chi connectivity index (χ1) is 12.1. The highest BCUT2D eigenvalue weighted by molar-refractivity contribution is 5.75. The Morgan fingerprint density at radius 2 is 1.36 bits per heavy atom. The van der Waals surface area contributed by atoms with Gasteiger partial charge < -0.3 is 4.90 Å². The molecule has 25 heavy (non-hydrogen) atoms. The van der Waals surface area contributed by atoms with E-state index >= 15 is 0 Å². The average Bonchev–Trinajstić information content (AvgIpc) is 2.67. The Hall–Kier alpha value is -2.13. The smallest absolute Gasteiger partial charge is 0.150 e. The molecule has 0 bridgehead atoms. The van der Waals surface area contributed by atoms with Crippen LogP contribution in [0.15, 0.2) is 48.5 Å². The first-order valence-corrected chi connectivity index (χ1v) is 9.22. The van der Waals surface area contributed by atoms with Crippen molar-refractivity contribution in [2.24, 2.45) is 0 Å². The lowest BCUT2D eigenvalue weighted by Crippen LogP contribution is -2.47. The first kappa shape index (κ1) is 17.7. The maximum atomic E-state index is 10.8. The van der Waals surface area contributed by atoms with Gasteiger partial charge in [0.25, 0.3) is 0 Å². The van der Waals surface area contributed by atoms with Crippen LogP contribution < -0.4 is 4.90 Å². The highest BCUT2D eigenvalue weighted by atomic mass is 16.1. The summed E-state index contributed by atoms with van der Waals surface area (Å²) in [7, 11) is 0. The molecule has 0 radical (unpaired) electrons. The Bertz CT molecular complexity index is 683. The highest BCUT2D eigenvalue weighted by Gasteiger charge is 2.22. The number of benzene rings is 2. The summed E-state index contributed by atoms with van der Waals surface area (Å²) in [5.41, 5.74) is 4.74.